The molecule has 6 N–H and O–H groups in total. The van der Waals surface area contributed by atoms with Crippen molar-refractivity contribution in [1.82, 2.24) is 0 Å². The molecule has 4 rings (SSSR count). The average molecular weight is 494 g/mol. The zero-order chi connectivity index (χ0) is 25.0. The van der Waals surface area contributed by atoms with Gasteiger partial charge in [0.25, 0.3) is 0 Å². The van der Waals surface area contributed by atoms with Crippen LogP contribution in [-0.4, -0.2) is 38.0 Å². The molecule has 10 heteroatoms. The number of carbonyl (C=O) groups excluding carboxylic acids is 1. The van der Waals surface area contributed by atoms with Crippen LogP contribution in [0.1, 0.15) is 24.8 Å². The molecule has 0 radical (unpaired) electrons. The predicted molar refractivity (Wildman–Crippen MR) is 136 cm³/mol. The van der Waals surface area contributed by atoms with Crippen molar-refractivity contribution in [2.24, 2.45) is 16.0 Å². The second-order valence-corrected chi connectivity index (χ2v) is 9.88. The van der Waals surface area contributed by atoms with Gasteiger partial charge in [-0.25, -0.2) is 13.6 Å². The number of benzene rings is 3. The van der Waals surface area contributed by atoms with E-state index < -0.39 is 16.1 Å². The lowest BCUT2D eigenvalue weighted by Crippen LogP contribution is -2.47. The second-order valence-electron chi connectivity index (χ2n) is 8.35. The van der Waals surface area contributed by atoms with Crippen molar-refractivity contribution < 1.29 is 18.4 Å². The Bertz CT molecular complexity index is 1360. The molecule has 3 aromatic carbocycles. The Balaban J connectivity index is 1.62. The van der Waals surface area contributed by atoms with Gasteiger partial charge in [-0.15, -0.1) is 0 Å². The van der Waals surface area contributed by atoms with Crippen LogP contribution in [0, 0.1) is 0 Å². The summed E-state index contributed by atoms with van der Waals surface area (Å²) in [5.41, 5.74) is 8.57. The largest absolute Gasteiger partial charge is 0.409 e. The summed E-state index contributed by atoms with van der Waals surface area (Å²) in [7, 11) is -4.04. The third kappa shape index (κ3) is 5.44. The predicted octanol–water partition coefficient (Wildman–Crippen LogP) is 3.09. The number of piperidine rings is 1. The Labute approximate surface area is 204 Å². The Morgan fingerprint density at radius 3 is 2.51 bits per heavy atom. The van der Waals surface area contributed by atoms with Gasteiger partial charge in [-0.05, 0) is 49.1 Å². The molecule has 1 amide bonds. The zero-order valence-corrected chi connectivity index (χ0v) is 19.8. The van der Waals surface area contributed by atoms with Gasteiger partial charge in [-0.2, -0.15) is 0 Å². The topological polar surface area (TPSA) is 151 Å². The minimum atomic E-state index is -4.04. The smallest absolute Gasteiger partial charge is 0.247 e. The van der Waals surface area contributed by atoms with Crippen LogP contribution in [0.15, 0.2) is 82.8 Å². The second kappa shape index (κ2) is 10.2. The van der Waals surface area contributed by atoms with Crippen LogP contribution < -0.4 is 21.1 Å². The summed E-state index contributed by atoms with van der Waals surface area (Å²) < 4.78 is 24.7. The van der Waals surface area contributed by atoms with Gasteiger partial charge in [0.15, 0.2) is 5.84 Å². The molecule has 0 bridgehead atoms. The molecular weight excluding hydrogens is 466 g/mol. The number of oxime groups is 1. The van der Waals surface area contributed by atoms with E-state index in [0.717, 1.165) is 18.5 Å². The Hall–Kier alpha value is -3.89. The number of amidine groups is 1. The highest BCUT2D eigenvalue weighted by Crippen LogP contribution is 2.31. The van der Waals surface area contributed by atoms with Crippen molar-refractivity contribution in [2.45, 2.75) is 30.2 Å². The average Bonchev–Trinajstić information content (AvgIpc) is 2.88. The number of rotatable bonds is 6. The summed E-state index contributed by atoms with van der Waals surface area (Å²) in [6.07, 6.45) is 2.42. The fourth-order valence-electron chi connectivity index (χ4n) is 4.33. The summed E-state index contributed by atoms with van der Waals surface area (Å²) in [4.78, 5) is 15.2. The van der Waals surface area contributed by atoms with Crippen molar-refractivity contribution in [3.05, 3.63) is 78.4 Å². The molecule has 182 valence electrons. The minimum Gasteiger partial charge on any atom is -0.409 e. The maximum atomic E-state index is 13.3. The van der Waals surface area contributed by atoms with Gasteiger partial charge in [-0.3, -0.25) is 4.79 Å². The highest BCUT2D eigenvalue weighted by molar-refractivity contribution is 7.89. The van der Waals surface area contributed by atoms with Gasteiger partial charge < -0.3 is 21.2 Å². The number of nitrogens with zero attached hydrogens (tertiary/aromatic N) is 2. The lowest BCUT2D eigenvalue weighted by atomic mass is 9.99. The van der Waals surface area contributed by atoms with Gasteiger partial charge in [0, 0.05) is 29.0 Å². The molecule has 1 aliphatic rings. The molecule has 9 nitrogen and oxygen atoms in total. The zero-order valence-electron chi connectivity index (χ0n) is 19.0. The lowest BCUT2D eigenvalue weighted by Gasteiger charge is -2.36. The first-order valence-corrected chi connectivity index (χ1v) is 12.7. The molecule has 1 aliphatic heterocycles. The molecule has 1 unspecified atom stereocenters. The number of hydrogen-bond acceptors (Lipinski definition) is 6. The van der Waals surface area contributed by atoms with E-state index in [1.165, 1.54) is 6.07 Å². The maximum absolute atomic E-state index is 13.3. The van der Waals surface area contributed by atoms with Crippen LogP contribution in [0.3, 0.4) is 0 Å². The Morgan fingerprint density at radius 2 is 1.80 bits per heavy atom. The van der Waals surface area contributed by atoms with E-state index in [1.54, 1.807) is 42.5 Å². The van der Waals surface area contributed by atoms with E-state index in [0.29, 0.717) is 35.3 Å². The minimum absolute atomic E-state index is 0.0149. The first-order valence-electron chi connectivity index (χ1n) is 11.2. The molecular formula is C25H27N5O4S. The lowest BCUT2D eigenvalue weighted by molar-refractivity contribution is -0.117. The number of anilines is 2. The van der Waals surface area contributed by atoms with Crippen LogP contribution >= 0.6 is 0 Å². The normalized spacial score (nSPS) is 16.7. The fraction of sp³-hybridized carbons (Fsp3) is 0.200. The van der Waals surface area contributed by atoms with Gasteiger partial charge in [-0.1, -0.05) is 53.7 Å². The standard InChI is InChI=1S/C25H27N5O4S/c26-24(29-32)18-9-6-10-20(15-18)30-14-5-4-11-22(30)25(31)28-19-12-13-21(17-7-2-1-3-8-17)23(16-19)35(27,33)34/h1-3,6-10,12-13,15-16,22,32H,4-5,11,14H2,(H2,26,29)(H,28,31)(H2,27,33,34). The van der Waals surface area contributed by atoms with E-state index >= 15 is 0 Å². The molecule has 1 atom stereocenters. The third-order valence-electron chi connectivity index (χ3n) is 6.03. The number of nitrogens with one attached hydrogen (secondary N) is 1. The van der Waals surface area contributed by atoms with Gasteiger partial charge in [0.1, 0.15) is 6.04 Å². The van der Waals surface area contributed by atoms with Crippen LogP contribution in [0.25, 0.3) is 11.1 Å². The van der Waals surface area contributed by atoms with Crippen molar-refractivity contribution >= 4 is 33.1 Å². The number of carbonyl (C=O) groups is 1. The Morgan fingerprint density at radius 1 is 1.03 bits per heavy atom. The molecule has 1 saturated heterocycles. The summed E-state index contributed by atoms with van der Waals surface area (Å²) in [6, 6.07) is 20.4. The molecule has 1 heterocycles. The summed E-state index contributed by atoms with van der Waals surface area (Å²) in [5.74, 6) is -0.273. The van der Waals surface area contributed by atoms with Crippen molar-refractivity contribution in [3.8, 4) is 11.1 Å². The van der Waals surface area contributed by atoms with E-state index in [4.69, 9.17) is 16.1 Å². The van der Waals surface area contributed by atoms with Crippen molar-refractivity contribution in [3.63, 3.8) is 0 Å². The van der Waals surface area contributed by atoms with E-state index in [9.17, 15) is 13.2 Å². The van der Waals surface area contributed by atoms with Gasteiger partial charge >= 0.3 is 0 Å². The summed E-state index contributed by atoms with van der Waals surface area (Å²) >= 11 is 0. The molecule has 35 heavy (non-hydrogen) atoms. The molecule has 1 fully saturated rings. The number of nitrogens with two attached hydrogens (primary N) is 2. The number of amides is 1. The molecule has 0 saturated carbocycles. The molecule has 0 aromatic heterocycles. The quantitative estimate of drug-likeness (QED) is 0.179. The summed E-state index contributed by atoms with van der Waals surface area (Å²) in [6.45, 7) is 0.660. The maximum Gasteiger partial charge on any atom is 0.247 e. The van der Waals surface area contributed by atoms with Gasteiger partial charge in [0.05, 0.1) is 4.90 Å². The van der Waals surface area contributed by atoms with E-state index in [-0.39, 0.29) is 16.6 Å². The highest BCUT2D eigenvalue weighted by atomic mass is 32.2. The molecule has 0 spiro atoms. The first kappa shape index (κ1) is 24.2. The van der Waals surface area contributed by atoms with Crippen LogP contribution in [0.5, 0.6) is 0 Å². The first-order chi connectivity index (χ1) is 16.8. The number of sulfonamides is 1. The van der Waals surface area contributed by atoms with E-state index in [2.05, 4.69) is 10.5 Å². The number of hydrogen-bond donors (Lipinski definition) is 4. The monoisotopic (exact) mass is 493 g/mol. The van der Waals surface area contributed by atoms with Gasteiger partial charge in [0.2, 0.25) is 15.9 Å². The van der Waals surface area contributed by atoms with Crippen molar-refractivity contribution in [2.75, 3.05) is 16.8 Å². The summed E-state index contributed by atoms with van der Waals surface area (Å²) in [5, 5.41) is 20.4. The van der Waals surface area contributed by atoms with Crippen LogP contribution in [0.4, 0.5) is 11.4 Å². The van der Waals surface area contributed by atoms with Crippen LogP contribution in [0.2, 0.25) is 0 Å². The highest BCUT2D eigenvalue weighted by Gasteiger charge is 2.29. The third-order valence-corrected chi connectivity index (χ3v) is 6.98. The molecule has 3 aromatic rings. The molecule has 0 aliphatic carbocycles. The Kier molecular flexibility index (Phi) is 7.04. The van der Waals surface area contributed by atoms with E-state index in [1.807, 2.05) is 29.2 Å². The fourth-order valence-corrected chi connectivity index (χ4v) is 5.12. The number of primary sulfonamides is 1. The van der Waals surface area contributed by atoms with Crippen LogP contribution in [-0.2, 0) is 14.8 Å². The van der Waals surface area contributed by atoms with Crippen molar-refractivity contribution in [1.29, 1.82) is 0 Å². The SMILES string of the molecule is N/C(=N\O)c1cccc(N2CCCCC2C(=O)Nc2ccc(-c3ccccc3)c(S(N)(=O)=O)c2)c1.